The van der Waals surface area contributed by atoms with Crippen LogP contribution >= 0.6 is 0 Å². The van der Waals surface area contributed by atoms with Gasteiger partial charge in [0.25, 0.3) is 0 Å². The monoisotopic (exact) mass is 326 g/mol. The van der Waals surface area contributed by atoms with Crippen LogP contribution in [-0.2, 0) is 6.42 Å². The van der Waals surface area contributed by atoms with Gasteiger partial charge in [-0.2, -0.15) is 0 Å². The van der Waals surface area contributed by atoms with Gasteiger partial charge in [-0.3, -0.25) is 0 Å². The van der Waals surface area contributed by atoms with E-state index in [2.05, 4.69) is 54.8 Å². The van der Waals surface area contributed by atoms with Crippen molar-refractivity contribution in [2.24, 2.45) is 0 Å². The van der Waals surface area contributed by atoms with Crippen molar-refractivity contribution in [3.63, 3.8) is 0 Å². The van der Waals surface area contributed by atoms with Crippen LogP contribution in [0.3, 0.4) is 0 Å². The van der Waals surface area contributed by atoms with Gasteiger partial charge in [0, 0.05) is 0 Å². The Labute approximate surface area is 141 Å². The SMILES string of the molecule is CCc1cc(-c2nc(C(C)C)co2)nnc1-c1nc(C(C)C)co1. The molecule has 0 aliphatic heterocycles. The second-order valence-electron chi connectivity index (χ2n) is 6.42. The molecule has 0 amide bonds. The van der Waals surface area contributed by atoms with Crippen molar-refractivity contribution in [2.45, 2.75) is 52.9 Å². The Bertz CT molecular complexity index is 833. The van der Waals surface area contributed by atoms with Crippen LogP contribution in [0.1, 0.15) is 63.4 Å². The third kappa shape index (κ3) is 3.09. The van der Waals surface area contributed by atoms with Gasteiger partial charge in [0.05, 0.1) is 11.4 Å². The molecule has 126 valence electrons. The lowest BCUT2D eigenvalue weighted by Crippen LogP contribution is -1.98. The van der Waals surface area contributed by atoms with Gasteiger partial charge in [-0.05, 0) is 29.9 Å². The summed E-state index contributed by atoms with van der Waals surface area (Å²) in [4.78, 5) is 8.99. The first-order chi connectivity index (χ1) is 11.5. The topological polar surface area (TPSA) is 77.8 Å². The highest BCUT2D eigenvalue weighted by molar-refractivity contribution is 5.58. The first-order valence-electron chi connectivity index (χ1n) is 8.27. The molecule has 0 radical (unpaired) electrons. The van der Waals surface area contributed by atoms with Gasteiger partial charge in [0.15, 0.2) is 5.69 Å². The average Bonchev–Trinajstić information content (AvgIpc) is 3.23. The lowest BCUT2D eigenvalue weighted by molar-refractivity contribution is 0.562. The fourth-order valence-corrected chi connectivity index (χ4v) is 2.31. The molecule has 0 fully saturated rings. The molecule has 3 aromatic rings. The molecule has 6 heteroatoms. The quantitative estimate of drug-likeness (QED) is 0.682. The summed E-state index contributed by atoms with van der Waals surface area (Å²) in [6.07, 6.45) is 4.14. The summed E-state index contributed by atoms with van der Waals surface area (Å²) in [5.74, 6) is 1.61. The molecule has 3 aromatic heterocycles. The van der Waals surface area contributed by atoms with E-state index in [1.54, 1.807) is 12.5 Å². The molecular formula is C18H22N4O2. The van der Waals surface area contributed by atoms with Crippen molar-refractivity contribution in [3.8, 4) is 23.2 Å². The molecule has 0 atom stereocenters. The maximum atomic E-state index is 5.58. The molecule has 3 heterocycles. The number of hydrogen-bond acceptors (Lipinski definition) is 6. The minimum atomic E-state index is 0.307. The summed E-state index contributed by atoms with van der Waals surface area (Å²) in [6, 6.07) is 1.94. The number of aryl methyl sites for hydroxylation is 1. The van der Waals surface area contributed by atoms with Gasteiger partial charge < -0.3 is 8.83 Å². The summed E-state index contributed by atoms with van der Waals surface area (Å²) >= 11 is 0. The fourth-order valence-electron chi connectivity index (χ4n) is 2.31. The maximum absolute atomic E-state index is 5.58. The number of nitrogens with zero attached hydrogens (tertiary/aromatic N) is 4. The predicted molar refractivity (Wildman–Crippen MR) is 90.6 cm³/mol. The van der Waals surface area contributed by atoms with E-state index < -0.39 is 0 Å². The first-order valence-corrected chi connectivity index (χ1v) is 8.27. The van der Waals surface area contributed by atoms with E-state index in [9.17, 15) is 0 Å². The Hall–Kier alpha value is -2.50. The van der Waals surface area contributed by atoms with Crippen molar-refractivity contribution in [3.05, 3.63) is 35.5 Å². The highest BCUT2D eigenvalue weighted by Gasteiger charge is 2.18. The average molecular weight is 326 g/mol. The van der Waals surface area contributed by atoms with E-state index in [1.807, 2.05) is 6.07 Å². The lowest BCUT2D eigenvalue weighted by atomic mass is 10.1. The zero-order valence-electron chi connectivity index (χ0n) is 14.7. The third-order valence-electron chi connectivity index (χ3n) is 3.90. The van der Waals surface area contributed by atoms with E-state index >= 15 is 0 Å². The van der Waals surface area contributed by atoms with Gasteiger partial charge in [-0.25, -0.2) is 9.97 Å². The Morgan fingerprint density at radius 2 is 1.46 bits per heavy atom. The summed E-state index contributed by atoms with van der Waals surface area (Å²) < 4.78 is 11.1. The molecule has 0 aliphatic carbocycles. The van der Waals surface area contributed by atoms with Crippen LogP contribution in [0.4, 0.5) is 0 Å². The molecule has 24 heavy (non-hydrogen) atoms. The molecule has 0 aliphatic rings. The maximum Gasteiger partial charge on any atom is 0.247 e. The Balaban J connectivity index is 1.97. The van der Waals surface area contributed by atoms with Crippen LogP contribution in [0.5, 0.6) is 0 Å². The molecule has 0 bridgehead atoms. The third-order valence-corrected chi connectivity index (χ3v) is 3.90. The van der Waals surface area contributed by atoms with Crippen LogP contribution in [0.2, 0.25) is 0 Å². The molecule has 0 N–H and O–H groups in total. The van der Waals surface area contributed by atoms with E-state index in [-0.39, 0.29) is 0 Å². The van der Waals surface area contributed by atoms with Crippen LogP contribution in [-0.4, -0.2) is 20.2 Å². The number of rotatable bonds is 5. The van der Waals surface area contributed by atoms with Crippen LogP contribution in [0.15, 0.2) is 27.4 Å². The van der Waals surface area contributed by atoms with E-state index in [4.69, 9.17) is 8.83 Å². The summed E-state index contributed by atoms with van der Waals surface area (Å²) in [5.41, 5.74) is 4.11. The molecule has 0 aromatic carbocycles. The number of oxazole rings is 2. The van der Waals surface area contributed by atoms with Crippen molar-refractivity contribution >= 4 is 0 Å². The van der Waals surface area contributed by atoms with Crippen molar-refractivity contribution < 1.29 is 8.83 Å². The lowest BCUT2D eigenvalue weighted by Gasteiger charge is -2.04. The van der Waals surface area contributed by atoms with Crippen LogP contribution < -0.4 is 0 Å². The summed E-state index contributed by atoms with van der Waals surface area (Å²) in [5, 5.41) is 8.57. The largest absolute Gasteiger partial charge is 0.443 e. The second-order valence-corrected chi connectivity index (χ2v) is 6.42. The molecule has 0 saturated heterocycles. The predicted octanol–water partition coefficient (Wildman–Crippen LogP) is 4.60. The Kier molecular flexibility index (Phi) is 4.46. The molecule has 6 nitrogen and oxygen atoms in total. The smallest absolute Gasteiger partial charge is 0.247 e. The van der Waals surface area contributed by atoms with Gasteiger partial charge in [-0.15, -0.1) is 10.2 Å². The van der Waals surface area contributed by atoms with Gasteiger partial charge >= 0.3 is 0 Å². The molecule has 0 saturated carbocycles. The summed E-state index contributed by atoms with van der Waals surface area (Å²) in [6.45, 7) is 10.4. The van der Waals surface area contributed by atoms with Crippen LogP contribution in [0, 0.1) is 0 Å². The standard InChI is InChI=1S/C18H22N4O2/c1-6-12-7-13(17-19-14(8-23-17)10(2)3)21-22-16(12)18-20-15(9-24-18)11(4)5/h7-11H,6H2,1-5H3. The number of aromatic nitrogens is 4. The second kappa shape index (κ2) is 6.55. The van der Waals surface area contributed by atoms with Crippen LogP contribution in [0.25, 0.3) is 23.2 Å². The van der Waals surface area contributed by atoms with E-state index in [0.29, 0.717) is 35.0 Å². The molecular weight excluding hydrogens is 304 g/mol. The highest BCUT2D eigenvalue weighted by Crippen LogP contribution is 2.27. The minimum absolute atomic E-state index is 0.307. The van der Waals surface area contributed by atoms with Gasteiger partial charge in [-0.1, -0.05) is 34.6 Å². The Morgan fingerprint density at radius 3 is 2.00 bits per heavy atom. The number of hydrogen-bond donors (Lipinski definition) is 0. The molecule has 0 unspecified atom stereocenters. The fraction of sp³-hybridized carbons (Fsp3) is 0.444. The molecule has 3 rings (SSSR count). The van der Waals surface area contributed by atoms with Gasteiger partial charge in [0.1, 0.15) is 18.2 Å². The van der Waals surface area contributed by atoms with Crippen molar-refractivity contribution in [1.82, 2.24) is 20.2 Å². The normalized spacial score (nSPS) is 11.6. The zero-order chi connectivity index (χ0) is 17.3. The summed E-state index contributed by atoms with van der Waals surface area (Å²) in [7, 11) is 0. The highest BCUT2D eigenvalue weighted by atomic mass is 16.3. The van der Waals surface area contributed by atoms with Gasteiger partial charge in [0.2, 0.25) is 11.8 Å². The van der Waals surface area contributed by atoms with Crippen molar-refractivity contribution in [1.29, 1.82) is 0 Å². The van der Waals surface area contributed by atoms with Crippen molar-refractivity contribution in [2.75, 3.05) is 0 Å². The van der Waals surface area contributed by atoms with E-state index in [0.717, 1.165) is 23.4 Å². The minimum Gasteiger partial charge on any atom is -0.443 e. The first kappa shape index (κ1) is 16.4. The zero-order valence-corrected chi connectivity index (χ0v) is 14.7. The van der Waals surface area contributed by atoms with E-state index in [1.165, 1.54) is 0 Å². The molecule has 0 spiro atoms. The Morgan fingerprint density at radius 1 is 0.875 bits per heavy atom.